The molecule has 2 heterocycles. The van der Waals surface area contributed by atoms with Gasteiger partial charge in [-0.3, -0.25) is 14.8 Å². The first-order valence-electron chi connectivity index (χ1n) is 6.95. The van der Waals surface area contributed by atoms with Crippen LogP contribution >= 0.6 is 11.8 Å². The molecule has 0 unspecified atom stereocenters. The highest BCUT2D eigenvalue weighted by Gasteiger charge is 2.12. The Hall–Kier alpha value is -2.45. The number of aliphatic hydroxyl groups is 1. The number of nitro groups is 1. The van der Waals surface area contributed by atoms with Crippen LogP contribution in [0.5, 0.6) is 0 Å². The topological polar surface area (TPSA) is 94.1 Å². The largest absolute Gasteiger partial charge is 0.390 e. The van der Waals surface area contributed by atoms with E-state index in [9.17, 15) is 15.2 Å². The number of aliphatic hydroxyl groups excluding tert-OH is 1. The first kappa shape index (κ1) is 15.4. The molecule has 0 radical (unpaired) electrons. The summed E-state index contributed by atoms with van der Waals surface area (Å²) in [5.41, 5.74) is 0.829. The summed E-state index contributed by atoms with van der Waals surface area (Å²) in [6, 6.07) is 11.7. The summed E-state index contributed by atoms with van der Waals surface area (Å²) < 4.78 is 1.37. The molecule has 0 aliphatic rings. The number of pyridine rings is 1. The maximum absolute atomic E-state index is 10.6. The van der Waals surface area contributed by atoms with E-state index in [-0.39, 0.29) is 12.2 Å². The van der Waals surface area contributed by atoms with E-state index < -0.39 is 11.0 Å². The summed E-state index contributed by atoms with van der Waals surface area (Å²) in [5.74, 6) is 0.430. The Morgan fingerprint density at radius 3 is 2.91 bits per heavy atom. The third kappa shape index (κ3) is 3.85. The summed E-state index contributed by atoms with van der Waals surface area (Å²) in [4.78, 5) is 14.6. The minimum Gasteiger partial charge on any atom is -0.390 e. The minimum absolute atomic E-state index is 0.0824. The lowest BCUT2D eigenvalue weighted by Crippen LogP contribution is -2.18. The number of para-hydroxylation sites is 1. The SMILES string of the molecule is O=[N+]([O-])c1cnn(C[C@@H](O)CSc2ccc3ccccc3n2)c1. The zero-order valence-electron chi connectivity index (χ0n) is 12.1. The molecule has 0 fully saturated rings. The van der Waals surface area contributed by atoms with Crippen LogP contribution in [0, 0.1) is 10.1 Å². The first-order valence-corrected chi connectivity index (χ1v) is 7.94. The van der Waals surface area contributed by atoms with Crippen molar-refractivity contribution < 1.29 is 10.0 Å². The fraction of sp³-hybridized carbons (Fsp3) is 0.200. The van der Waals surface area contributed by atoms with Crippen LogP contribution in [0.1, 0.15) is 0 Å². The maximum atomic E-state index is 10.6. The van der Waals surface area contributed by atoms with E-state index in [0.29, 0.717) is 5.75 Å². The number of nitrogens with zero attached hydrogens (tertiary/aromatic N) is 4. The van der Waals surface area contributed by atoms with Gasteiger partial charge in [-0.15, -0.1) is 11.8 Å². The Morgan fingerprint density at radius 2 is 2.13 bits per heavy atom. The number of hydrogen-bond acceptors (Lipinski definition) is 6. The quantitative estimate of drug-likeness (QED) is 0.424. The highest BCUT2D eigenvalue weighted by atomic mass is 32.2. The van der Waals surface area contributed by atoms with Crippen LogP contribution in [0.3, 0.4) is 0 Å². The Bertz CT molecular complexity index is 836. The van der Waals surface area contributed by atoms with Crippen LogP contribution in [-0.2, 0) is 6.54 Å². The van der Waals surface area contributed by atoms with Crippen LogP contribution in [0.4, 0.5) is 5.69 Å². The first-order chi connectivity index (χ1) is 11.1. The van der Waals surface area contributed by atoms with E-state index in [1.165, 1.54) is 28.8 Å². The van der Waals surface area contributed by atoms with Crippen molar-refractivity contribution in [3.63, 3.8) is 0 Å². The predicted molar refractivity (Wildman–Crippen MR) is 87.4 cm³/mol. The summed E-state index contributed by atoms with van der Waals surface area (Å²) in [5, 5.41) is 26.4. The standard InChI is InChI=1S/C15H14N4O3S/c20-13(9-18-8-12(7-16-18)19(21)22)10-23-15-6-5-11-3-1-2-4-14(11)17-15/h1-8,13,20H,9-10H2/t13-/m1/s1. The van der Waals surface area contributed by atoms with Gasteiger partial charge >= 0.3 is 5.69 Å². The Labute approximate surface area is 136 Å². The Balaban J connectivity index is 1.58. The lowest BCUT2D eigenvalue weighted by atomic mass is 10.2. The second-order valence-electron chi connectivity index (χ2n) is 4.98. The molecule has 0 spiro atoms. The molecule has 0 aliphatic heterocycles. The molecule has 0 bridgehead atoms. The van der Waals surface area contributed by atoms with E-state index in [0.717, 1.165) is 15.9 Å². The van der Waals surface area contributed by atoms with Crippen molar-refractivity contribution in [2.24, 2.45) is 0 Å². The van der Waals surface area contributed by atoms with E-state index >= 15 is 0 Å². The van der Waals surface area contributed by atoms with Crippen LogP contribution in [0.2, 0.25) is 0 Å². The number of hydrogen-bond donors (Lipinski definition) is 1. The average Bonchev–Trinajstić information content (AvgIpc) is 3.01. The third-order valence-electron chi connectivity index (χ3n) is 3.22. The molecule has 8 heteroatoms. The van der Waals surface area contributed by atoms with Gasteiger partial charge in [0.05, 0.1) is 28.1 Å². The van der Waals surface area contributed by atoms with Gasteiger partial charge in [-0.2, -0.15) is 5.10 Å². The van der Waals surface area contributed by atoms with Crippen molar-refractivity contribution in [2.45, 2.75) is 17.7 Å². The summed E-state index contributed by atoms with van der Waals surface area (Å²) in [6.07, 6.45) is 1.81. The molecule has 0 aliphatic carbocycles. The predicted octanol–water partition coefficient (Wildman–Crippen LogP) is 2.49. The molecule has 3 aromatic rings. The molecule has 0 saturated heterocycles. The van der Waals surface area contributed by atoms with Crippen molar-refractivity contribution in [3.05, 3.63) is 58.9 Å². The van der Waals surface area contributed by atoms with Gasteiger partial charge < -0.3 is 5.11 Å². The average molecular weight is 330 g/mol. The highest BCUT2D eigenvalue weighted by Crippen LogP contribution is 2.21. The maximum Gasteiger partial charge on any atom is 0.306 e. The normalized spacial score (nSPS) is 12.4. The van der Waals surface area contributed by atoms with Gasteiger partial charge in [-0.1, -0.05) is 24.3 Å². The fourth-order valence-electron chi connectivity index (χ4n) is 2.12. The Morgan fingerprint density at radius 1 is 1.30 bits per heavy atom. The molecule has 0 amide bonds. The highest BCUT2D eigenvalue weighted by molar-refractivity contribution is 7.99. The van der Waals surface area contributed by atoms with Gasteiger partial charge in [-0.25, -0.2) is 4.98 Å². The zero-order valence-corrected chi connectivity index (χ0v) is 12.9. The van der Waals surface area contributed by atoms with Crippen LogP contribution in [-0.4, -0.2) is 36.7 Å². The van der Waals surface area contributed by atoms with Crippen molar-refractivity contribution in [1.82, 2.24) is 14.8 Å². The Kier molecular flexibility index (Phi) is 4.54. The number of aromatic nitrogens is 3. The molecule has 2 aromatic heterocycles. The van der Waals surface area contributed by atoms with Crippen molar-refractivity contribution in [3.8, 4) is 0 Å². The van der Waals surface area contributed by atoms with Gasteiger partial charge in [0.15, 0.2) is 0 Å². The van der Waals surface area contributed by atoms with E-state index in [1.54, 1.807) is 0 Å². The molecule has 1 atom stereocenters. The van der Waals surface area contributed by atoms with Gasteiger partial charge in [-0.05, 0) is 12.1 Å². The van der Waals surface area contributed by atoms with Gasteiger partial charge in [0.25, 0.3) is 0 Å². The summed E-state index contributed by atoms with van der Waals surface area (Å²) in [7, 11) is 0. The number of benzene rings is 1. The molecule has 7 nitrogen and oxygen atoms in total. The van der Waals surface area contributed by atoms with E-state index in [4.69, 9.17) is 0 Å². The van der Waals surface area contributed by atoms with E-state index in [2.05, 4.69) is 10.1 Å². The van der Waals surface area contributed by atoms with Gasteiger partial charge in [0.2, 0.25) is 0 Å². The number of rotatable bonds is 6. The lowest BCUT2D eigenvalue weighted by molar-refractivity contribution is -0.385. The monoisotopic (exact) mass is 330 g/mol. The molecule has 1 N–H and O–H groups in total. The lowest BCUT2D eigenvalue weighted by Gasteiger charge is -2.10. The smallest absolute Gasteiger partial charge is 0.306 e. The number of fused-ring (bicyclic) bond motifs is 1. The van der Waals surface area contributed by atoms with Crippen molar-refractivity contribution in [2.75, 3.05) is 5.75 Å². The zero-order chi connectivity index (χ0) is 16.2. The second-order valence-corrected chi connectivity index (χ2v) is 6.02. The van der Waals surface area contributed by atoms with E-state index in [1.807, 2.05) is 36.4 Å². The van der Waals surface area contributed by atoms with Crippen LogP contribution in [0.15, 0.2) is 53.8 Å². The molecular formula is C15H14N4O3S. The molecule has 0 saturated carbocycles. The molecule has 1 aromatic carbocycles. The van der Waals surface area contributed by atoms with Crippen LogP contribution in [0.25, 0.3) is 10.9 Å². The fourth-order valence-corrected chi connectivity index (χ4v) is 2.92. The summed E-state index contributed by atoms with van der Waals surface area (Å²) in [6.45, 7) is 0.203. The van der Waals surface area contributed by atoms with Gasteiger partial charge in [0, 0.05) is 11.1 Å². The minimum atomic E-state index is -0.673. The second kappa shape index (κ2) is 6.76. The molecule has 3 rings (SSSR count). The van der Waals surface area contributed by atoms with Crippen LogP contribution < -0.4 is 0 Å². The van der Waals surface area contributed by atoms with Gasteiger partial charge in [0.1, 0.15) is 12.4 Å². The molecule has 23 heavy (non-hydrogen) atoms. The van der Waals surface area contributed by atoms with Crippen molar-refractivity contribution >= 4 is 28.4 Å². The van der Waals surface area contributed by atoms with Crippen molar-refractivity contribution in [1.29, 1.82) is 0 Å². The molecule has 118 valence electrons. The third-order valence-corrected chi connectivity index (χ3v) is 4.30. The number of thioether (sulfide) groups is 1. The summed E-state index contributed by atoms with van der Waals surface area (Å²) >= 11 is 1.44. The molecular weight excluding hydrogens is 316 g/mol.